The first-order valence-corrected chi connectivity index (χ1v) is 11.3. The van der Waals surface area contributed by atoms with Crippen LogP contribution in [0.2, 0.25) is 0 Å². The molecule has 4 N–H and O–H groups in total. The summed E-state index contributed by atoms with van der Waals surface area (Å²) >= 11 is 0. The summed E-state index contributed by atoms with van der Waals surface area (Å²) in [5.41, 5.74) is 10.7. The molecular weight excluding hydrogens is 470 g/mol. The van der Waals surface area contributed by atoms with E-state index in [0.29, 0.717) is 30.4 Å². The van der Waals surface area contributed by atoms with Gasteiger partial charge in [-0.25, -0.2) is 18.6 Å². The summed E-state index contributed by atoms with van der Waals surface area (Å²) in [6.45, 7) is 0.638. The van der Waals surface area contributed by atoms with Gasteiger partial charge < -0.3 is 25.5 Å². The number of anilines is 2. The van der Waals surface area contributed by atoms with Crippen LogP contribution in [0.25, 0.3) is 22.1 Å². The van der Waals surface area contributed by atoms with E-state index in [2.05, 4.69) is 10.3 Å². The van der Waals surface area contributed by atoms with Gasteiger partial charge in [-0.2, -0.15) is 0 Å². The third-order valence-corrected chi connectivity index (χ3v) is 6.31. The Morgan fingerprint density at radius 3 is 2.81 bits per heavy atom. The number of benzene rings is 2. The Labute approximate surface area is 204 Å². The highest BCUT2D eigenvalue weighted by Gasteiger charge is 2.26. The lowest BCUT2D eigenvalue weighted by Crippen LogP contribution is -2.30. The number of aromatic nitrogens is 1. The fourth-order valence-corrected chi connectivity index (χ4v) is 4.58. The summed E-state index contributed by atoms with van der Waals surface area (Å²) in [6.07, 6.45) is 2.80. The Balaban J connectivity index is 1.41. The van der Waals surface area contributed by atoms with Crippen LogP contribution in [-0.2, 0) is 24.1 Å². The second kappa shape index (κ2) is 9.29. The van der Waals surface area contributed by atoms with Crippen LogP contribution < -0.4 is 16.0 Å². The van der Waals surface area contributed by atoms with Gasteiger partial charge in [-0.1, -0.05) is 6.07 Å². The van der Waals surface area contributed by atoms with E-state index in [1.165, 1.54) is 0 Å². The minimum absolute atomic E-state index is 0.0206. The molecule has 0 unspecified atom stereocenters. The Hall–Kier alpha value is -4.47. The van der Waals surface area contributed by atoms with Crippen molar-refractivity contribution in [3.63, 3.8) is 0 Å². The molecule has 0 saturated heterocycles. The number of halogens is 2. The number of hydrogen-bond donors (Lipinski definition) is 3. The van der Waals surface area contributed by atoms with Crippen LogP contribution in [0.3, 0.4) is 0 Å². The summed E-state index contributed by atoms with van der Waals surface area (Å²) in [5, 5.41) is 11.8. The number of pyridine rings is 1. The molecule has 2 aromatic heterocycles. The van der Waals surface area contributed by atoms with Crippen LogP contribution in [0.15, 0.2) is 53.3 Å². The minimum atomic E-state index is -1.11. The zero-order valence-electron chi connectivity index (χ0n) is 19.1. The number of hydrogen-bond acceptors (Lipinski definition) is 5. The maximum atomic E-state index is 14.0. The highest BCUT2D eigenvalue weighted by molar-refractivity contribution is 6.03. The van der Waals surface area contributed by atoms with Gasteiger partial charge in [-0.3, -0.25) is 4.79 Å². The molecule has 10 heteroatoms. The highest BCUT2D eigenvalue weighted by atomic mass is 19.1. The van der Waals surface area contributed by atoms with Crippen molar-refractivity contribution >= 4 is 34.5 Å². The molecule has 184 valence electrons. The maximum absolute atomic E-state index is 14.0. The Morgan fingerprint density at radius 1 is 1.17 bits per heavy atom. The SMILES string of the molecule is Nc1ncc(CCNC(=O)O)c2occ(-c3ccc4c(c3)CCN4C(=O)Cc3cc(F)ccc3F)c12. The van der Waals surface area contributed by atoms with Crippen LogP contribution >= 0.6 is 0 Å². The number of rotatable bonds is 6. The first-order valence-electron chi connectivity index (χ1n) is 11.3. The molecule has 8 nitrogen and oxygen atoms in total. The average molecular weight is 492 g/mol. The molecule has 1 aliphatic heterocycles. The van der Waals surface area contributed by atoms with Crippen molar-refractivity contribution in [1.29, 1.82) is 0 Å². The second-order valence-corrected chi connectivity index (χ2v) is 8.56. The quantitative estimate of drug-likeness (QED) is 0.369. The molecule has 3 heterocycles. The lowest BCUT2D eigenvalue weighted by Gasteiger charge is -2.18. The summed E-state index contributed by atoms with van der Waals surface area (Å²) < 4.78 is 33.3. The third-order valence-electron chi connectivity index (χ3n) is 6.31. The van der Waals surface area contributed by atoms with Crippen LogP contribution in [0.4, 0.5) is 25.1 Å². The monoisotopic (exact) mass is 492 g/mol. The first-order chi connectivity index (χ1) is 17.3. The number of furan rings is 1. The Bertz CT molecular complexity index is 1500. The van der Waals surface area contributed by atoms with E-state index in [1.54, 1.807) is 17.4 Å². The van der Waals surface area contributed by atoms with Gasteiger partial charge >= 0.3 is 6.09 Å². The molecule has 4 aromatic rings. The number of carbonyl (C=O) groups is 2. The van der Waals surface area contributed by atoms with E-state index in [-0.39, 0.29) is 30.3 Å². The highest BCUT2D eigenvalue weighted by Crippen LogP contribution is 2.38. The van der Waals surface area contributed by atoms with Crippen LogP contribution in [0.1, 0.15) is 16.7 Å². The molecule has 1 aliphatic rings. The molecule has 0 fully saturated rings. The van der Waals surface area contributed by atoms with E-state index in [0.717, 1.165) is 46.1 Å². The van der Waals surface area contributed by atoms with E-state index < -0.39 is 17.7 Å². The molecule has 2 amide bonds. The number of nitrogens with zero attached hydrogens (tertiary/aromatic N) is 2. The maximum Gasteiger partial charge on any atom is 0.404 e. The van der Waals surface area contributed by atoms with Gasteiger partial charge in [-0.05, 0) is 54.3 Å². The minimum Gasteiger partial charge on any atom is -0.465 e. The third kappa shape index (κ3) is 4.33. The molecule has 0 saturated carbocycles. The van der Waals surface area contributed by atoms with Crippen LogP contribution in [-0.4, -0.2) is 35.2 Å². The van der Waals surface area contributed by atoms with Crippen molar-refractivity contribution in [2.75, 3.05) is 23.7 Å². The molecule has 0 atom stereocenters. The zero-order valence-corrected chi connectivity index (χ0v) is 19.1. The predicted molar refractivity (Wildman–Crippen MR) is 130 cm³/mol. The van der Waals surface area contributed by atoms with Gasteiger partial charge in [0.2, 0.25) is 5.91 Å². The number of nitrogens with one attached hydrogen (secondary N) is 1. The van der Waals surface area contributed by atoms with Crippen LogP contribution in [0.5, 0.6) is 0 Å². The van der Waals surface area contributed by atoms with Gasteiger partial charge in [0, 0.05) is 41.7 Å². The lowest BCUT2D eigenvalue weighted by molar-refractivity contribution is -0.117. The molecular formula is C26H22F2N4O4. The Kier molecular flexibility index (Phi) is 6.01. The van der Waals surface area contributed by atoms with E-state index in [1.807, 2.05) is 18.2 Å². The van der Waals surface area contributed by atoms with Crippen molar-refractivity contribution in [2.45, 2.75) is 19.3 Å². The molecule has 36 heavy (non-hydrogen) atoms. The van der Waals surface area contributed by atoms with Crippen molar-refractivity contribution in [3.05, 3.63) is 77.2 Å². The predicted octanol–water partition coefficient (Wildman–Crippen LogP) is 4.30. The van der Waals surface area contributed by atoms with Crippen molar-refractivity contribution < 1.29 is 27.9 Å². The Morgan fingerprint density at radius 2 is 2.00 bits per heavy atom. The fourth-order valence-electron chi connectivity index (χ4n) is 4.58. The second-order valence-electron chi connectivity index (χ2n) is 8.56. The molecule has 0 aliphatic carbocycles. The number of nitrogens with two attached hydrogens (primary N) is 1. The van der Waals surface area contributed by atoms with Crippen molar-refractivity contribution in [3.8, 4) is 11.1 Å². The molecule has 2 aromatic carbocycles. The summed E-state index contributed by atoms with van der Waals surface area (Å²) in [4.78, 5) is 29.5. The smallest absolute Gasteiger partial charge is 0.404 e. The first kappa shape index (κ1) is 23.3. The molecule has 5 rings (SSSR count). The van der Waals surface area contributed by atoms with Crippen LogP contribution in [0, 0.1) is 11.6 Å². The lowest BCUT2D eigenvalue weighted by atomic mass is 10.00. The largest absolute Gasteiger partial charge is 0.465 e. The fraction of sp³-hybridized carbons (Fsp3) is 0.192. The van der Waals surface area contributed by atoms with Crippen molar-refractivity contribution in [2.24, 2.45) is 0 Å². The summed E-state index contributed by atoms with van der Waals surface area (Å²) in [7, 11) is 0. The van der Waals surface area contributed by atoms with E-state index in [4.69, 9.17) is 15.3 Å². The number of nitrogen functional groups attached to an aromatic ring is 1. The van der Waals surface area contributed by atoms with Crippen molar-refractivity contribution in [1.82, 2.24) is 10.3 Å². The molecule has 0 radical (unpaired) electrons. The normalized spacial score (nSPS) is 12.7. The van der Waals surface area contributed by atoms with E-state index >= 15 is 0 Å². The summed E-state index contributed by atoms with van der Waals surface area (Å²) in [6, 6.07) is 8.70. The zero-order chi connectivity index (χ0) is 25.4. The topological polar surface area (TPSA) is 122 Å². The average Bonchev–Trinajstić information content (AvgIpc) is 3.47. The molecule has 0 bridgehead atoms. The van der Waals surface area contributed by atoms with E-state index in [9.17, 15) is 18.4 Å². The number of carboxylic acid groups (broad SMARTS) is 1. The molecule has 0 spiro atoms. The van der Waals surface area contributed by atoms with Gasteiger partial charge in [0.15, 0.2) is 0 Å². The van der Waals surface area contributed by atoms with Gasteiger partial charge in [0.1, 0.15) is 23.0 Å². The number of fused-ring (bicyclic) bond motifs is 2. The van der Waals surface area contributed by atoms with Gasteiger partial charge in [-0.15, -0.1) is 0 Å². The summed E-state index contributed by atoms with van der Waals surface area (Å²) in [5.74, 6) is -1.23. The number of amides is 2. The standard InChI is InChI=1S/C26H22F2N4O4/c27-18-2-3-20(28)17(10-18)11-22(33)32-8-6-15-9-14(1-4-21(15)32)19-13-36-24-16(5-7-30-26(34)35)12-31-25(29)23(19)24/h1-4,9-10,12-13,30H,5-8,11H2,(H2,29,31)(H,34,35). The van der Waals surface area contributed by atoms with Gasteiger partial charge in [0.05, 0.1) is 18.1 Å². The van der Waals surface area contributed by atoms with Gasteiger partial charge in [0.25, 0.3) is 0 Å². The number of carbonyl (C=O) groups excluding carboxylic acids is 1.